The largest absolute Gasteiger partial charge is 0.496 e. The lowest BCUT2D eigenvalue weighted by Gasteiger charge is -2.25. The van der Waals surface area contributed by atoms with Gasteiger partial charge in [0.05, 0.1) is 12.7 Å². The molecule has 2 rings (SSSR count). The standard InChI is InChI=1S/C15H23NO2S/c1-11-4-5-14(18-3)13(8-11)12(2)16-9-15(17)6-7-19-10-15/h4-5,8,12,16-17H,6-7,9-10H2,1-3H3. The molecule has 1 aromatic rings. The van der Waals surface area contributed by atoms with Crippen LogP contribution in [0, 0.1) is 6.92 Å². The Bertz CT molecular complexity index is 430. The average molecular weight is 281 g/mol. The molecule has 0 amide bonds. The third kappa shape index (κ3) is 3.65. The highest BCUT2D eigenvalue weighted by Crippen LogP contribution is 2.29. The summed E-state index contributed by atoms with van der Waals surface area (Å²) in [6.45, 7) is 4.83. The van der Waals surface area contributed by atoms with E-state index in [1.807, 2.05) is 17.8 Å². The van der Waals surface area contributed by atoms with Gasteiger partial charge in [-0.2, -0.15) is 11.8 Å². The lowest BCUT2D eigenvalue weighted by atomic mass is 10.0. The second-order valence-electron chi connectivity index (χ2n) is 5.37. The molecule has 0 radical (unpaired) electrons. The number of thioether (sulfide) groups is 1. The van der Waals surface area contributed by atoms with Gasteiger partial charge in [-0.05, 0) is 32.1 Å². The van der Waals surface area contributed by atoms with Crippen LogP contribution in [-0.4, -0.2) is 35.9 Å². The van der Waals surface area contributed by atoms with E-state index in [0.29, 0.717) is 6.54 Å². The van der Waals surface area contributed by atoms with Crippen LogP contribution in [0.4, 0.5) is 0 Å². The van der Waals surface area contributed by atoms with Crippen LogP contribution in [0.25, 0.3) is 0 Å². The predicted octanol–water partition coefficient (Wildman–Crippen LogP) is 2.52. The van der Waals surface area contributed by atoms with Gasteiger partial charge in [-0.25, -0.2) is 0 Å². The number of ether oxygens (including phenoxy) is 1. The summed E-state index contributed by atoms with van der Waals surface area (Å²) in [6.07, 6.45) is 0.877. The monoisotopic (exact) mass is 281 g/mol. The molecule has 1 aliphatic rings. The van der Waals surface area contributed by atoms with Crippen LogP contribution in [0.1, 0.15) is 30.5 Å². The first-order valence-electron chi connectivity index (χ1n) is 6.72. The first kappa shape index (κ1) is 14.7. The minimum absolute atomic E-state index is 0.171. The van der Waals surface area contributed by atoms with Crippen molar-refractivity contribution >= 4 is 11.8 Å². The van der Waals surface area contributed by atoms with Crippen molar-refractivity contribution in [2.24, 2.45) is 0 Å². The molecule has 1 heterocycles. The van der Waals surface area contributed by atoms with Gasteiger partial charge in [0, 0.05) is 23.9 Å². The zero-order valence-electron chi connectivity index (χ0n) is 11.9. The Balaban J connectivity index is 2.03. The number of hydrogen-bond donors (Lipinski definition) is 2. The fourth-order valence-electron chi connectivity index (χ4n) is 2.38. The number of aliphatic hydroxyl groups is 1. The molecule has 1 saturated heterocycles. The normalized spacial score (nSPS) is 24.4. The Morgan fingerprint density at radius 1 is 1.53 bits per heavy atom. The van der Waals surface area contributed by atoms with Crippen LogP contribution in [0.5, 0.6) is 5.75 Å². The maximum Gasteiger partial charge on any atom is 0.123 e. The van der Waals surface area contributed by atoms with Crippen molar-refractivity contribution in [3.8, 4) is 5.75 Å². The predicted molar refractivity (Wildman–Crippen MR) is 81.0 cm³/mol. The summed E-state index contributed by atoms with van der Waals surface area (Å²) in [7, 11) is 1.70. The lowest BCUT2D eigenvalue weighted by Crippen LogP contribution is -2.41. The van der Waals surface area contributed by atoms with Crippen molar-refractivity contribution in [3.63, 3.8) is 0 Å². The minimum atomic E-state index is -0.546. The molecule has 2 unspecified atom stereocenters. The van der Waals surface area contributed by atoms with E-state index in [-0.39, 0.29) is 6.04 Å². The van der Waals surface area contributed by atoms with Crippen LogP contribution in [0.3, 0.4) is 0 Å². The highest BCUT2D eigenvalue weighted by atomic mass is 32.2. The molecule has 0 aliphatic carbocycles. The highest BCUT2D eigenvalue weighted by molar-refractivity contribution is 7.99. The smallest absolute Gasteiger partial charge is 0.123 e. The summed E-state index contributed by atoms with van der Waals surface area (Å²) in [5, 5.41) is 13.8. The molecule has 2 N–H and O–H groups in total. The van der Waals surface area contributed by atoms with E-state index in [9.17, 15) is 5.11 Å². The molecule has 106 valence electrons. The molecule has 4 heteroatoms. The molecule has 0 aromatic heterocycles. The number of methoxy groups -OCH3 is 1. The van der Waals surface area contributed by atoms with Gasteiger partial charge in [0.2, 0.25) is 0 Å². The Morgan fingerprint density at radius 2 is 2.32 bits per heavy atom. The Morgan fingerprint density at radius 3 is 2.95 bits per heavy atom. The summed E-state index contributed by atoms with van der Waals surface area (Å²) >= 11 is 1.82. The fraction of sp³-hybridized carbons (Fsp3) is 0.600. The molecule has 0 spiro atoms. The second-order valence-corrected chi connectivity index (χ2v) is 6.48. The van der Waals surface area contributed by atoms with E-state index in [1.54, 1.807) is 7.11 Å². The summed E-state index contributed by atoms with van der Waals surface area (Å²) < 4.78 is 5.41. The lowest BCUT2D eigenvalue weighted by molar-refractivity contribution is 0.0650. The molecule has 19 heavy (non-hydrogen) atoms. The maximum absolute atomic E-state index is 10.4. The third-order valence-corrected chi connectivity index (χ3v) is 4.91. The fourth-order valence-corrected chi connectivity index (χ4v) is 3.68. The topological polar surface area (TPSA) is 41.5 Å². The summed E-state index contributed by atoms with van der Waals surface area (Å²) in [6, 6.07) is 6.37. The van der Waals surface area contributed by atoms with E-state index in [1.165, 1.54) is 5.56 Å². The minimum Gasteiger partial charge on any atom is -0.496 e. The number of aryl methyl sites for hydroxylation is 1. The van der Waals surface area contributed by atoms with E-state index < -0.39 is 5.60 Å². The van der Waals surface area contributed by atoms with Crippen LogP contribution in [0.2, 0.25) is 0 Å². The maximum atomic E-state index is 10.4. The van der Waals surface area contributed by atoms with E-state index in [2.05, 4.69) is 31.3 Å². The molecule has 3 nitrogen and oxygen atoms in total. The molecule has 1 aromatic carbocycles. The van der Waals surface area contributed by atoms with Gasteiger partial charge in [0.25, 0.3) is 0 Å². The second kappa shape index (κ2) is 6.16. The zero-order valence-corrected chi connectivity index (χ0v) is 12.7. The number of hydrogen-bond acceptors (Lipinski definition) is 4. The zero-order chi connectivity index (χ0) is 13.9. The number of nitrogens with one attached hydrogen (secondary N) is 1. The van der Waals surface area contributed by atoms with Gasteiger partial charge in [-0.1, -0.05) is 17.7 Å². The Labute approximate surface area is 119 Å². The van der Waals surface area contributed by atoms with Crippen molar-refractivity contribution in [2.75, 3.05) is 25.2 Å². The number of rotatable bonds is 5. The van der Waals surface area contributed by atoms with Gasteiger partial charge < -0.3 is 15.2 Å². The van der Waals surface area contributed by atoms with E-state index in [0.717, 1.165) is 29.2 Å². The average Bonchev–Trinajstić information content (AvgIpc) is 2.83. The molecule has 0 bridgehead atoms. The summed E-state index contributed by atoms with van der Waals surface area (Å²) in [5.74, 6) is 2.79. The highest BCUT2D eigenvalue weighted by Gasteiger charge is 2.31. The van der Waals surface area contributed by atoms with Gasteiger partial charge in [0.15, 0.2) is 0 Å². The molecule has 0 saturated carbocycles. The van der Waals surface area contributed by atoms with Crippen molar-refractivity contribution in [3.05, 3.63) is 29.3 Å². The Hall–Kier alpha value is -0.710. The quantitative estimate of drug-likeness (QED) is 0.870. The van der Waals surface area contributed by atoms with Crippen molar-refractivity contribution in [1.82, 2.24) is 5.32 Å². The SMILES string of the molecule is COc1ccc(C)cc1C(C)NCC1(O)CCSC1. The van der Waals surface area contributed by atoms with Crippen LogP contribution in [-0.2, 0) is 0 Å². The summed E-state index contributed by atoms with van der Waals surface area (Å²) in [5.41, 5.74) is 1.83. The van der Waals surface area contributed by atoms with E-state index >= 15 is 0 Å². The molecule has 1 aliphatic heterocycles. The van der Waals surface area contributed by atoms with Crippen molar-refractivity contribution in [1.29, 1.82) is 0 Å². The first-order valence-corrected chi connectivity index (χ1v) is 7.87. The molecule has 1 fully saturated rings. The number of benzene rings is 1. The van der Waals surface area contributed by atoms with Crippen molar-refractivity contribution in [2.45, 2.75) is 31.9 Å². The molecule has 2 atom stereocenters. The summed E-state index contributed by atoms with van der Waals surface area (Å²) in [4.78, 5) is 0. The van der Waals surface area contributed by atoms with Gasteiger partial charge in [0.1, 0.15) is 5.75 Å². The van der Waals surface area contributed by atoms with Crippen LogP contribution < -0.4 is 10.1 Å². The Kier molecular flexibility index (Phi) is 4.76. The molecular formula is C15H23NO2S. The van der Waals surface area contributed by atoms with Crippen molar-refractivity contribution < 1.29 is 9.84 Å². The van der Waals surface area contributed by atoms with Gasteiger partial charge in [-0.3, -0.25) is 0 Å². The van der Waals surface area contributed by atoms with E-state index in [4.69, 9.17) is 4.74 Å². The van der Waals surface area contributed by atoms with Crippen LogP contribution in [0.15, 0.2) is 18.2 Å². The third-order valence-electron chi connectivity index (χ3n) is 3.67. The molecular weight excluding hydrogens is 258 g/mol. The first-order chi connectivity index (χ1) is 9.04. The van der Waals surface area contributed by atoms with Gasteiger partial charge >= 0.3 is 0 Å². The van der Waals surface area contributed by atoms with Crippen LogP contribution >= 0.6 is 11.8 Å². The van der Waals surface area contributed by atoms with Gasteiger partial charge in [-0.15, -0.1) is 0 Å².